The molecule has 0 unspecified atom stereocenters. The van der Waals surface area contributed by atoms with Gasteiger partial charge in [-0.2, -0.15) is 9.97 Å². The van der Waals surface area contributed by atoms with E-state index in [2.05, 4.69) is 30.6 Å². The van der Waals surface area contributed by atoms with Gasteiger partial charge in [0.1, 0.15) is 5.52 Å². The van der Waals surface area contributed by atoms with Crippen LogP contribution in [-0.4, -0.2) is 26.5 Å². The van der Waals surface area contributed by atoms with Gasteiger partial charge in [0.25, 0.3) is 0 Å². The van der Waals surface area contributed by atoms with E-state index in [1.807, 2.05) is 6.92 Å². The Morgan fingerprint density at radius 3 is 2.90 bits per heavy atom. The van der Waals surface area contributed by atoms with Crippen LogP contribution in [0.1, 0.15) is 6.92 Å². The first-order chi connectivity index (χ1) is 10.2. The number of H-pyrrole nitrogens is 1. The number of fused-ring (bicyclic) bond motifs is 1. The summed E-state index contributed by atoms with van der Waals surface area (Å²) in [4.78, 5) is 15.9. The predicted molar refractivity (Wildman–Crippen MR) is 85.6 cm³/mol. The minimum Gasteiger partial charge on any atom is -0.354 e. The van der Waals surface area contributed by atoms with E-state index in [0.717, 1.165) is 0 Å². The molecular weight excluding hydrogens is 311 g/mol. The third-order valence-corrected chi connectivity index (χ3v) is 3.37. The van der Waals surface area contributed by atoms with E-state index < -0.39 is 0 Å². The second kappa shape index (κ2) is 5.75. The van der Waals surface area contributed by atoms with Gasteiger partial charge in [0, 0.05) is 11.6 Å². The Kier molecular flexibility index (Phi) is 3.81. The van der Waals surface area contributed by atoms with Crippen molar-refractivity contribution in [1.82, 2.24) is 19.9 Å². The molecule has 21 heavy (non-hydrogen) atoms. The van der Waals surface area contributed by atoms with Gasteiger partial charge in [-0.15, -0.1) is 0 Å². The number of aromatic nitrogens is 4. The highest BCUT2D eigenvalue weighted by Gasteiger charge is 2.11. The van der Waals surface area contributed by atoms with Crippen molar-refractivity contribution in [3.8, 4) is 0 Å². The molecule has 2 heterocycles. The van der Waals surface area contributed by atoms with Gasteiger partial charge in [0.2, 0.25) is 5.95 Å². The minimum atomic E-state index is 0.498. The third-order valence-electron chi connectivity index (χ3n) is 2.80. The molecule has 0 saturated heterocycles. The molecule has 0 aliphatic rings. The van der Waals surface area contributed by atoms with Crippen molar-refractivity contribution in [3.63, 3.8) is 0 Å². The van der Waals surface area contributed by atoms with Crippen molar-refractivity contribution in [3.05, 3.63) is 34.6 Å². The summed E-state index contributed by atoms with van der Waals surface area (Å²) < 4.78 is 0. The van der Waals surface area contributed by atoms with Gasteiger partial charge >= 0.3 is 0 Å². The predicted octanol–water partition coefficient (Wildman–Crippen LogP) is 3.84. The summed E-state index contributed by atoms with van der Waals surface area (Å²) in [7, 11) is 0. The molecule has 6 nitrogen and oxygen atoms in total. The van der Waals surface area contributed by atoms with Crippen LogP contribution < -0.4 is 10.6 Å². The summed E-state index contributed by atoms with van der Waals surface area (Å²) in [5, 5.41) is 7.37. The summed E-state index contributed by atoms with van der Waals surface area (Å²) in [5.74, 6) is 1.08. The molecule has 0 aliphatic heterocycles. The molecule has 0 amide bonds. The number of benzene rings is 1. The summed E-state index contributed by atoms with van der Waals surface area (Å²) in [6, 6.07) is 5.19. The number of hydrogen-bond acceptors (Lipinski definition) is 5. The van der Waals surface area contributed by atoms with Crippen molar-refractivity contribution in [1.29, 1.82) is 0 Å². The van der Waals surface area contributed by atoms with E-state index in [1.54, 1.807) is 24.5 Å². The number of hydrogen-bond donors (Lipinski definition) is 3. The SMILES string of the molecule is CCNc1nc(Nc2cc(Cl)ccc2Cl)c2[nH]cnc2n1. The Bertz CT molecular complexity index is 785. The van der Waals surface area contributed by atoms with Crippen molar-refractivity contribution in [2.75, 3.05) is 17.2 Å². The van der Waals surface area contributed by atoms with Crippen molar-refractivity contribution < 1.29 is 0 Å². The lowest BCUT2D eigenvalue weighted by Crippen LogP contribution is -2.05. The molecule has 0 atom stereocenters. The summed E-state index contributed by atoms with van der Waals surface area (Å²) in [6.45, 7) is 2.69. The quantitative estimate of drug-likeness (QED) is 0.680. The topological polar surface area (TPSA) is 78.5 Å². The maximum absolute atomic E-state index is 6.17. The zero-order valence-electron chi connectivity index (χ0n) is 11.1. The van der Waals surface area contributed by atoms with Crippen LogP contribution in [0, 0.1) is 0 Å². The Balaban J connectivity index is 2.06. The number of rotatable bonds is 4. The van der Waals surface area contributed by atoms with Crippen LogP contribution in [-0.2, 0) is 0 Å². The van der Waals surface area contributed by atoms with Crippen molar-refractivity contribution in [2.45, 2.75) is 6.92 Å². The average molecular weight is 323 g/mol. The number of halogens is 2. The van der Waals surface area contributed by atoms with Crippen molar-refractivity contribution >= 4 is 51.8 Å². The summed E-state index contributed by atoms with van der Waals surface area (Å²) in [6.07, 6.45) is 1.57. The highest BCUT2D eigenvalue weighted by Crippen LogP contribution is 2.30. The highest BCUT2D eigenvalue weighted by molar-refractivity contribution is 6.35. The van der Waals surface area contributed by atoms with Crippen LogP contribution in [0.15, 0.2) is 24.5 Å². The van der Waals surface area contributed by atoms with Crippen LogP contribution in [0.2, 0.25) is 10.0 Å². The molecule has 2 aromatic heterocycles. The molecule has 0 spiro atoms. The molecule has 0 bridgehead atoms. The summed E-state index contributed by atoms with van der Waals surface area (Å²) >= 11 is 12.2. The van der Waals surface area contributed by atoms with E-state index in [0.29, 0.717) is 45.2 Å². The van der Waals surface area contributed by atoms with E-state index in [-0.39, 0.29) is 0 Å². The number of nitrogens with one attached hydrogen (secondary N) is 3. The molecule has 108 valence electrons. The van der Waals surface area contributed by atoms with Gasteiger partial charge in [-0.25, -0.2) is 4.98 Å². The maximum atomic E-state index is 6.17. The van der Waals surface area contributed by atoms with Crippen LogP contribution in [0.25, 0.3) is 11.2 Å². The normalized spacial score (nSPS) is 10.8. The van der Waals surface area contributed by atoms with Crippen LogP contribution in [0.5, 0.6) is 0 Å². The number of nitrogens with zero attached hydrogens (tertiary/aromatic N) is 3. The van der Waals surface area contributed by atoms with Crippen LogP contribution >= 0.6 is 23.2 Å². The standard InChI is InChI=1S/C13H12Cl2N6/c1-2-16-13-20-11-10(17-6-18-11)12(21-13)19-9-5-7(14)3-4-8(9)15/h3-6H,2H2,1H3,(H3,16,17,18,19,20,21). The van der Waals surface area contributed by atoms with E-state index in [4.69, 9.17) is 23.2 Å². The van der Waals surface area contributed by atoms with Gasteiger partial charge in [0.15, 0.2) is 11.5 Å². The fraction of sp³-hybridized carbons (Fsp3) is 0.154. The largest absolute Gasteiger partial charge is 0.354 e. The lowest BCUT2D eigenvalue weighted by Gasteiger charge is -2.10. The van der Waals surface area contributed by atoms with E-state index >= 15 is 0 Å². The first kappa shape index (κ1) is 13.9. The molecule has 0 aliphatic carbocycles. The van der Waals surface area contributed by atoms with Gasteiger partial charge in [-0.05, 0) is 25.1 Å². The second-order valence-electron chi connectivity index (χ2n) is 4.28. The third kappa shape index (κ3) is 2.86. The zero-order valence-corrected chi connectivity index (χ0v) is 12.6. The number of imidazole rings is 1. The zero-order chi connectivity index (χ0) is 14.8. The lowest BCUT2D eigenvalue weighted by molar-refractivity contribution is 1.10. The molecule has 3 rings (SSSR count). The number of anilines is 3. The molecule has 0 fully saturated rings. The minimum absolute atomic E-state index is 0.498. The van der Waals surface area contributed by atoms with Crippen LogP contribution in [0.3, 0.4) is 0 Å². The summed E-state index contributed by atoms with van der Waals surface area (Å²) in [5.41, 5.74) is 1.94. The van der Waals surface area contributed by atoms with Gasteiger partial charge in [-0.3, -0.25) is 0 Å². The first-order valence-electron chi connectivity index (χ1n) is 6.34. The van der Waals surface area contributed by atoms with E-state index in [9.17, 15) is 0 Å². The van der Waals surface area contributed by atoms with Gasteiger partial charge in [0.05, 0.1) is 17.0 Å². The lowest BCUT2D eigenvalue weighted by atomic mass is 10.3. The Labute approximate surface area is 130 Å². The number of aromatic amines is 1. The van der Waals surface area contributed by atoms with Crippen LogP contribution in [0.4, 0.5) is 17.5 Å². The first-order valence-corrected chi connectivity index (χ1v) is 7.10. The molecule has 1 aromatic carbocycles. The maximum Gasteiger partial charge on any atom is 0.226 e. The van der Waals surface area contributed by atoms with Crippen molar-refractivity contribution in [2.24, 2.45) is 0 Å². The molecule has 3 N–H and O–H groups in total. The smallest absolute Gasteiger partial charge is 0.226 e. The van der Waals surface area contributed by atoms with E-state index in [1.165, 1.54) is 0 Å². The molecule has 0 saturated carbocycles. The second-order valence-corrected chi connectivity index (χ2v) is 5.12. The highest BCUT2D eigenvalue weighted by atomic mass is 35.5. The fourth-order valence-corrected chi connectivity index (χ4v) is 2.22. The Morgan fingerprint density at radius 2 is 2.10 bits per heavy atom. The molecule has 0 radical (unpaired) electrons. The molecular formula is C13H12Cl2N6. The van der Waals surface area contributed by atoms with Gasteiger partial charge < -0.3 is 15.6 Å². The fourth-order valence-electron chi connectivity index (χ4n) is 1.88. The average Bonchev–Trinajstić information content (AvgIpc) is 2.92. The molecule has 8 heteroatoms. The van der Waals surface area contributed by atoms with Gasteiger partial charge in [-0.1, -0.05) is 23.2 Å². The monoisotopic (exact) mass is 322 g/mol. The Hall–Kier alpha value is -2.05. The molecule has 3 aromatic rings. The Morgan fingerprint density at radius 1 is 1.24 bits per heavy atom.